The van der Waals surface area contributed by atoms with Gasteiger partial charge in [-0.3, -0.25) is 19.2 Å². The van der Waals surface area contributed by atoms with Gasteiger partial charge in [-0.1, -0.05) is 31.2 Å². The lowest BCUT2D eigenvalue weighted by Gasteiger charge is -2.35. The summed E-state index contributed by atoms with van der Waals surface area (Å²) >= 11 is 0. The largest absolute Gasteiger partial charge is 0.378 e. The molecule has 30 heavy (non-hydrogen) atoms. The molecule has 0 unspecified atom stereocenters. The molecule has 2 aliphatic rings. The molecular formula is C22H29N3O5. The summed E-state index contributed by atoms with van der Waals surface area (Å²) in [6, 6.07) is 7.48. The van der Waals surface area contributed by atoms with E-state index in [1.54, 1.807) is 4.90 Å². The average molecular weight is 415 g/mol. The second-order valence-corrected chi connectivity index (χ2v) is 7.55. The van der Waals surface area contributed by atoms with Gasteiger partial charge in [0.05, 0.1) is 13.2 Å². The van der Waals surface area contributed by atoms with Gasteiger partial charge in [-0.15, -0.1) is 0 Å². The molecule has 0 N–H and O–H groups in total. The van der Waals surface area contributed by atoms with Gasteiger partial charge in [0.25, 0.3) is 0 Å². The Morgan fingerprint density at radius 3 is 1.87 bits per heavy atom. The molecule has 1 aromatic rings. The first kappa shape index (κ1) is 22.0. The van der Waals surface area contributed by atoms with Crippen LogP contribution in [0.2, 0.25) is 0 Å². The van der Waals surface area contributed by atoms with Gasteiger partial charge in [-0.2, -0.15) is 0 Å². The van der Waals surface area contributed by atoms with E-state index in [1.165, 1.54) is 15.4 Å². The lowest BCUT2D eigenvalue weighted by molar-refractivity contribution is -0.155. The Kier molecular flexibility index (Phi) is 7.57. The van der Waals surface area contributed by atoms with Gasteiger partial charge in [0.1, 0.15) is 0 Å². The van der Waals surface area contributed by atoms with Crippen molar-refractivity contribution in [3.63, 3.8) is 0 Å². The van der Waals surface area contributed by atoms with Crippen LogP contribution in [0.5, 0.6) is 0 Å². The van der Waals surface area contributed by atoms with Gasteiger partial charge in [-0.05, 0) is 12.0 Å². The number of hydrogen-bond acceptors (Lipinski definition) is 5. The molecule has 0 aliphatic carbocycles. The maximum Gasteiger partial charge on any atom is 0.312 e. The second kappa shape index (κ2) is 10.3. The number of amides is 3. The molecule has 0 bridgehead atoms. The van der Waals surface area contributed by atoms with Crippen molar-refractivity contribution in [1.82, 2.24) is 14.7 Å². The average Bonchev–Trinajstić information content (AvgIpc) is 2.82. The van der Waals surface area contributed by atoms with Crippen LogP contribution in [-0.4, -0.2) is 90.7 Å². The van der Waals surface area contributed by atoms with Gasteiger partial charge in [0, 0.05) is 57.7 Å². The Hall–Kier alpha value is -2.74. The lowest BCUT2D eigenvalue weighted by atomic mass is 10.0. The zero-order valence-electron chi connectivity index (χ0n) is 17.5. The number of carbonyl (C=O) groups is 4. The predicted octanol–water partition coefficient (Wildman–Crippen LogP) is 0.742. The van der Waals surface area contributed by atoms with E-state index in [1.807, 2.05) is 24.3 Å². The molecule has 2 fully saturated rings. The molecule has 2 heterocycles. The van der Waals surface area contributed by atoms with E-state index < -0.39 is 11.8 Å². The summed E-state index contributed by atoms with van der Waals surface area (Å²) in [4.78, 5) is 54.2. The van der Waals surface area contributed by atoms with Crippen LogP contribution in [0, 0.1) is 0 Å². The van der Waals surface area contributed by atoms with E-state index in [0.717, 1.165) is 6.42 Å². The number of hydrogen-bond donors (Lipinski definition) is 0. The Bertz CT molecular complexity index is 778. The maximum atomic E-state index is 12.5. The third-order valence-electron chi connectivity index (χ3n) is 5.65. The summed E-state index contributed by atoms with van der Waals surface area (Å²) < 4.78 is 5.21. The minimum absolute atomic E-state index is 0.0454. The van der Waals surface area contributed by atoms with Crippen molar-refractivity contribution >= 4 is 23.5 Å². The highest BCUT2D eigenvalue weighted by atomic mass is 16.5. The van der Waals surface area contributed by atoms with E-state index in [0.29, 0.717) is 58.0 Å². The quantitative estimate of drug-likeness (QED) is 0.523. The van der Waals surface area contributed by atoms with Gasteiger partial charge in [0.2, 0.25) is 5.91 Å². The third kappa shape index (κ3) is 5.44. The van der Waals surface area contributed by atoms with Crippen molar-refractivity contribution in [2.24, 2.45) is 0 Å². The number of carbonyl (C=O) groups excluding carboxylic acids is 4. The van der Waals surface area contributed by atoms with E-state index in [-0.39, 0.29) is 24.5 Å². The van der Waals surface area contributed by atoms with Crippen LogP contribution in [0.3, 0.4) is 0 Å². The van der Waals surface area contributed by atoms with Crippen molar-refractivity contribution < 1.29 is 23.9 Å². The monoisotopic (exact) mass is 415 g/mol. The fourth-order valence-corrected chi connectivity index (χ4v) is 3.65. The molecule has 2 saturated heterocycles. The third-order valence-corrected chi connectivity index (χ3v) is 5.65. The van der Waals surface area contributed by atoms with E-state index in [2.05, 4.69) is 6.92 Å². The van der Waals surface area contributed by atoms with Crippen molar-refractivity contribution in [2.45, 2.75) is 26.2 Å². The Morgan fingerprint density at radius 2 is 1.30 bits per heavy atom. The summed E-state index contributed by atoms with van der Waals surface area (Å²) in [6.07, 6.45) is 1.23. The molecule has 2 aliphatic heterocycles. The van der Waals surface area contributed by atoms with Crippen LogP contribution in [0.4, 0.5) is 0 Å². The highest BCUT2D eigenvalue weighted by molar-refractivity contribution is 6.34. The number of morpholine rings is 1. The van der Waals surface area contributed by atoms with Crippen molar-refractivity contribution in [3.05, 3.63) is 35.4 Å². The number of ketones is 1. The minimum Gasteiger partial charge on any atom is -0.378 e. The number of benzene rings is 1. The van der Waals surface area contributed by atoms with Crippen LogP contribution in [0.25, 0.3) is 0 Å². The molecule has 8 nitrogen and oxygen atoms in total. The zero-order valence-corrected chi connectivity index (χ0v) is 17.5. The summed E-state index contributed by atoms with van der Waals surface area (Å²) in [7, 11) is 0. The molecule has 3 rings (SSSR count). The number of Topliss-reactive ketones (excluding diaryl/α,β-unsaturated/α-hetero) is 1. The van der Waals surface area contributed by atoms with Gasteiger partial charge < -0.3 is 19.4 Å². The Balaban J connectivity index is 1.42. The van der Waals surface area contributed by atoms with Gasteiger partial charge in [0.15, 0.2) is 5.78 Å². The summed E-state index contributed by atoms with van der Waals surface area (Å²) in [5.74, 6) is -1.16. The number of piperazine rings is 1. The van der Waals surface area contributed by atoms with Gasteiger partial charge >= 0.3 is 11.8 Å². The first-order valence-corrected chi connectivity index (χ1v) is 10.6. The first-order valence-electron chi connectivity index (χ1n) is 10.6. The topological polar surface area (TPSA) is 87.2 Å². The molecule has 3 amide bonds. The maximum absolute atomic E-state index is 12.5. The van der Waals surface area contributed by atoms with Crippen molar-refractivity contribution in [3.8, 4) is 0 Å². The summed E-state index contributed by atoms with van der Waals surface area (Å²) in [6.45, 7) is 5.21. The summed E-state index contributed by atoms with van der Waals surface area (Å²) in [5.41, 5.74) is 1.79. The number of rotatable bonds is 5. The van der Waals surface area contributed by atoms with Crippen LogP contribution in [0.15, 0.2) is 24.3 Å². The number of ether oxygens (including phenoxy) is 1. The van der Waals surface area contributed by atoms with Crippen LogP contribution in [0.1, 0.15) is 35.7 Å². The van der Waals surface area contributed by atoms with E-state index in [9.17, 15) is 19.2 Å². The first-order chi connectivity index (χ1) is 14.5. The van der Waals surface area contributed by atoms with Crippen LogP contribution in [-0.2, 0) is 25.5 Å². The summed E-state index contributed by atoms with van der Waals surface area (Å²) in [5, 5.41) is 0. The van der Waals surface area contributed by atoms with Crippen LogP contribution < -0.4 is 0 Å². The highest BCUT2D eigenvalue weighted by Gasteiger charge is 2.31. The highest BCUT2D eigenvalue weighted by Crippen LogP contribution is 2.12. The smallest absolute Gasteiger partial charge is 0.312 e. The predicted molar refractivity (Wildman–Crippen MR) is 110 cm³/mol. The van der Waals surface area contributed by atoms with Crippen molar-refractivity contribution in [1.29, 1.82) is 0 Å². The normalized spacial score (nSPS) is 17.0. The van der Waals surface area contributed by atoms with Gasteiger partial charge in [-0.25, -0.2) is 0 Å². The Labute approximate surface area is 176 Å². The van der Waals surface area contributed by atoms with E-state index in [4.69, 9.17) is 4.74 Å². The molecular weight excluding hydrogens is 386 g/mol. The molecule has 162 valence electrons. The van der Waals surface area contributed by atoms with Crippen LogP contribution >= 0.6 is 0 Å². The molecule has 0 atom stereocenters. The standard InChI is InChI=1S/C22H29N3O5/c1-2-17-3-5-18(6-4-17)19(26)7-8-20(27)23-9-11-24(12-10-23)21(28)22(29)25-13-15-30-16-14-25/h3-6H,2,7-16H2,1H3. The molecule has 1 aromatic carbocycles. The second-order valence-electron chi connectivity index (χ2n) is 7.55. The lowest BCUT2D eigenvalue weighted by Crippen LogP contribution is -2.55. The molecule has 0 saturated carbocycles. The van der Waals surface area contributed by atoms with Crippen molar-refractivity contribution in [2.75, 3.05) is 52.5 Å². The van der Waals surface area contributed by atoms with E-state index >= 15 is 0 Å². The molecule has 0 radical (unpaired) electrons. The minimum atomic E-state index is -0.519. The molecule has 0 aromatic heterocycles. The SMILES string of the molecule is CCc1ccc(C(=O)CCC(=O)N2CCN(C(=O)C(=O)N3CCOCC3)CC2)cc1. The number of aryl methyl sites for hydroxylation is 1. The fraction of sp³-hybridized carbons (Fsp3) is 0.545. The zero-order chi connectivity index (χ0) is 21.5. The number of nitrogens with zero attached hydrogens (tertiary/aromatic N) is 3. The molecule has 8 heteroatoms. The fourth-order valence-electron chi connectivity index (χ4n) is 3.65. The Morgan fingerprint density at radius 1 is 0.767 bits per heavy atom. The molecule has 0 spiro atoms.